The number of nitrogens with zero attached hydrogens (tertiary/aromatic N) is 1. The summed E-state index contributed by atoms with van der Waals surface area (Å²) < 4.78 is 25.9. The molecule has 18 heavy (non-hydrogen) atoms. The molecule has 0 unspecified atom stereocenters. The van der Waals surface area contributed by atoms with Crippen molar-refractivity contribution >= 4 is 5.69 Å². The molecular weight excluding hydrogens is 234 g/mol. The molecule has 90 valence electrons. The van der Waals surface area contributed by atoms with Crippen molar-refractivity contribution in [1.82, 2.24) is 0 Å². The second kappa shape index (κ2) is 5.28. The van der Waals surface area contributed by atoms with E-state index in [2.05, 4.69) is 5.32 Å². The highest BCUT2D eigenvalue weighted by molar-refractivity contribution is 5.45. The van der Waals surface area contributed by atoms with E-state index >= 15 is 0 Å². The third-order valence-electron chi connectivity index (χ3n) is 2.42. The van der Waals surface area contributed by atoms with E-state index in [1.807, 2.05) is 12.1 Å². The van der Waals surface area contributed by atoms with E-state index in [4.69, 9.17) is 5.26 Å². The summed E-state index contributed by atoms with van der Waals surface area (Å²) in [5.41, 5.74) is 1.80. The van der Waals surface area contributed by atoms with Crippen LogP contribution in [0.5, 0.6) is 0 Å². The van der Waals surface area contributed by atoms with E-state index in [1.54, 1.807) is 18.2 Å². The third-order valence-corrected chi connectivity index (χ3v) is 2.42. The molecule has 4 heteroatoms. The largest absolute Gasteiger partial charge is 0.381 e. The number of nitriles is 1. The Balaban J connectivity index is 2.09. The maximum absolute atomic E-state index is 12.9. The molecule has 2 rings (SSSR count). The molecule has 2 aromatic carbocycles. The lowest BCUT2D eigenvalue weighted by atomic mass is 10.1. The topological polar surface area (TPSA) is 35.8 Å². The lowest BCUT2D eigenvalue weighted by molar-refractivity contribution is 0.584. The first kappa shape index (κ1) is 12.1. The van der Waals surface area contributed by atoms with E-state index in [0.29, 0.717) is 17.8 Å². The van der Waals surface area contributed by atoms with Gasteiger partial charge in [0.15, 0.2) is 0 Å². The molecule has 2 aromatic rings. The van der Waals surface area contributed by atoms with Gasteiger partial charge in [0.1, 0.15) is 11.6 Å². The first-order valence-electron chi connectivity index (χ1n) is 5.36. The van der Waals surface area contributed by atoms with E-state index in [-0.39, 0.29) is 0 Å². The monoisotopic (exact) mass is 244 g/mol. The fraction of sp³-hybridized carbons (Fsp3) is 0.0714. The Hall–Kier alpha value is -2.41. The number of anilines is 1. The van der Waals surface area contributed by atoms with Crippen molar-refractivity contribution in [2.75, 3.05) is 5.32 Å². The Labute approximate surface area is 103 Å². The van der Waals surface area contributed by atoms with Crippen LogP contribution < -0.4 is 5.32 Å². The van der Waals surface area contributed by atoms with Crippen molar-refractivity contribution < 1.29 is 8.78 Å². The Morgan fingerprint density at radius 1 is 1.06 bits per heavy atom. The van der Waals surface area contributed by atoms with Gasteiger partial charge in [0, 0.05) is 18.3 Å². The highest BCUT2D eigenvalue weighted by Crippen LogP contribution is 2.14. The molecule has 0 saturated carbocycles. The van der Waals surface area contributed by atoms with E-state index in [1.165, 1.54) is 12.1 Å². The molecule has 0 saturated heterocycles. The van der Waals surface area contributed by atoms with Gasteiger partial charge in [0.2, 0.25) is 0 Å². The van der Waals surface area contributed by atoms with Crippen LogP contribution in [0.1, 0.15) is 11.1 Å². The minimum atomic E-state index is -0.622. The SMILES string of the molecule is N#Cc1cccc(CNc2cc(F)cc(F)c2)c1. The van der Waals surface area contributed by atoms with Gasteiger partial charge in [0.25, 0.3) is 0 Å². The molecule has 0 aliphatic carbocycles. The van der Waals surface area contributed by atoms with Gasteiger partial charge in [-0.05, 0) is 29.8 Å². The summed E-state index contributed by atoms with van der Waals surface area (Å²) >= 11 is 0. The van der Waals surface area contributed by atoms with Gasteiger partial charge < -0.3 is 5.32 Å². The zero-order valence-electron chi connectivity index (χ0n) is 9.45. The summed E-state index contributed by atoms with van der Waals surface area (Å²) in [6, 6.07) is 12.3. The fourth-order valence-corrected chi connectivity index (χ4v) is 1.61. The fourth-order valence-electron chi connectivity index (χ4n) is 1.61. The average molecular weight is 244 g/mol. The van der Waals surface area contributed by atoms with Crippen molar-refractivity contribution in [1.29, 1.82) is 5.26 Å². The molecular formula is C14H10F2N2. The average Bonchev–Trinajstić information content (AvgIpc) is 2.35. The zero-order chi connectivity index (χ0) is 13.0. The van der Waals surface area contributed by atoms with Gasteiger partial charge in [-0.3, -0.25) is 0 Å². The molecule has 1 N–H and O–H groups in total. The van der Waals surface area contributed by atoms with Crippen molar-refractivity contribution in [3.63, 3.8) is 0 Å². The van der Waals surface area contributed by atoms with Crippen LogP contribution in [0.3, 0.4) is 0 Å². The first-order chi connectivity index (χ1) is 8.67. The van der Waals surface area contributed by atoms with Gasteiger partial charge in [-0.25, -0.2) is 8.78 Å². The third kappa shape index (κ3) is 3.05. The molecule has 0 spiro atoms. The van der Waals surface area contributed by atoms with Crippen LogP contribution in [0.15, 0.2) is 42.5 Å². The molecule has 0 aliphatic rings. The van der Waals surface area contributed by atoms with Crippen LogP contribution >= 0.6 is 0 Å². The Morgan fingerprint density at radius 2 is 1.78 bits per heavy atom. The second-order valence-corrected chi connectivity index (χ2v) is 3.82. The standard InChI is InChI=1S/C14H10F2N2/c15-12-5-13(16)7-14(6-12)18-9-11-3-1-2-10(4-11)8-17/h1-7,18H,9H2. The summed E-state index contributed by atoms with van der Waals surface area (Å²) in [7, 11) is 0. The van der Waals surface area contributed by atoms with E-state index in [0.717, 1.165) is 11.6 Å². The highest BCUT2D eigenvalue weighted by atomic mass is 19.1. The predicted octanol–water partition coefficient (Wildman–Crippen LogP) is 3.45. The molecule has 2 nitrogen and oxygen atoms in total. The van der Waals surface area contributed by atoms with Crippen molar-refractivity contribution in [2.24, 2.45) is 0 Å². The van der Waals surface area contributed by atoms with Crippen LogP contribution in [0.2, 0.25) is 0 Å². The van der Waals surface area contributed by atoms with Crippen LogP contribution in [0, 0.1) is 23.0 Å². The summed E-state index contributed by atoms with van der Waals surface area (Å²) in [6.45, 7) is 0.401. The summed E-state index contributed by atoms with van der Waals surface area (Å²) in [4.78, 5) is 0. The molecule has 0 fully saturated rings. The van der Waals surface area contributed by atoms with Crippen LogP contribution in [0.25, 0.3) is 0 Å². The van der Waals surface area contributed by atoms with Crippen molar-refractivity contribution in [3.8, 4) is 6.07 Å². The van der Waals surface area contributed by atoms with Crippen LogP contribution in [-0.4, -0.2) is 0 Å². The van der Waals surface area contributed by atoms with Gasteiger partial charge in [-0.1, -0.05) is 12.1 Å². The molecule has 0 heterocycles. The van der Waals surface area contributed by atoms with E-state index < -0.39 is 11.6 Å². The Kier molecular flexibility index (Phi) is 3.54. The smallest absolute Gasteiger partial charge is 0.128 e. The van der Waals surface area contributed by atoms with Gasteiger partial charge in [-0.2, -0.15) is 5.26 Å². The zero-order valence-corrected chi connectivity index (χ0v) is 9.45. The molecule has 0 aliphatic heterocycles. The lowest BCUT2D eigenvalue weighted by Crippen LogP contribution is -2.00. The molecule has 0 aromatic heterocycles. The van der Waals surface area contributed by atoms with Crippen molar-refractivity contribution in [2.45, 2.75) is 6.54 Å². The Morgan fingerprint density at radius 3 is 2.44 bits per heavy atom. The number of benzene rings is 2. The number of hydrogen-bond acceptors (Lipinski definition) is 2. The molecule has 0 radical (unpaired) electrons. The number of rotatable bonds is 3. The number of halogens is 2. The van der Waals surface area contributed by atoms with Crippen molar-refractivity contribution in [3.05, 3.63) is 65.2 Å². The number of hydrogen-bond donors (Lipinski definition) is 1. The van der Waals surface area contributed by atoms with Crippen LogP contribution in [0.4, 0.5) is 14.5 Å². The molecule has 0 amide bonds. The van der Waals surface area contributed by atoms with Crippen LogP contribution in [-0.2, 0) is 6.54 Å². The van der Waals surface area contributed by atoms with Gasteiger partial charge in [-0.15, -0.1) is 0 Å². The van der Waals surface area contributed by atoms with E-state index in [9.17, 15) is 8.78 Å². The quantitative estimate of drug-likeness (QED) is 0.897. The first-order valence-corrected chi connectivity index (χ1v) is 5.36. The summed E-state index contributed by atoms with van der Waals surface area (Å²) in [5.74, 6) is -1.24. The molecule has 0 atom stereocenters. The minimum absolute atomic E-state index is 0.370. The maximum atomic E-state index is 12.9. The predicted molar refractivity (Wildman–Crippen MR) is 64.8 cm³/mol. The lowest BCUT2D eigenvalue weighted by Gasteiger charge is -2.07. The van der Waals surface area contributed by atoms with Gasteiger partial charge in [0.05, 0.1) is 11.6 Å². The number of nitrogens with one attached hydrogen (secondary N) is 1. The minimum Gasteiger partial charge on any atom is -0.381 e. The Bertz CT molecular complexity index is 583. The maximum Gasteiger partial charge on any atom is 0.128 e. The molecule has 0 bridgehead atoms. The summed E-state index contributed by atoms with van der Waals surface area (Å²) in [6.07, 6.45) is 0. The van der Waals surface area contributed by atoms with Gasteiger partial charge >= 0.3 is 0 Å². The summed E-state index contributed by atoms with van der Waals surface area (Å²) in [5, 5.41) is 11.7. The normalized spacial score (nSPS) is 9.83. The highest BCUT2D eigenvalue weighted by Gasteiger charge is 2.01. The second-order valence-electron chi connectivity index (χ2n) is 3.82.